The van der Waals surface area contributed by atoms with Crippen LogP contribution in [0.1, 0.15) is 25.3 Å². The lowest BCUT2D eigenvalue weighted by molar-refractivity contribution is -0.0512. The molecule has 1 saturated heterocycles. The first-order valence-corrected chi connectivity index (χ1v) is 6.99. The van der Waals surface area contributed by atoms with E-state index in [-0.39, 0.29) is 11.4 Å². The van der Waals surface area contributed by atoms with Crippen molar-refractivity contribution in [2.45, 2.75) is 38.5 Å². The van der Waals surface area contributed by atoms with Crippen molar-refractivity contribution in [1.82, 2.24) is 5.32 Å². The van der Waals surface area contributed by atoms with Crippen molar-refractivity contribution >= 4 is 0 Å². The summed E-state index contributed by atoms with van der Waals surface area (Å²) in [6.45, 7) is 1.29. The molecular weight excluding hydrogens is 280 g/mol. The number of ether oxygens (including phenoxy) is 3. The van der Waals surface area contributed by atoms with Crippen LogP contribution in [0.15, 0.2) is 18.2 Å². The van der Waals surface area contributed by atoms with Crippen LogP contribution in [0, 0.1) is 0 Å². The van der Waals surface area contributed by atoms with Gasteiger partial charge in [0.15, 0.2) is 11.5 Å². The summed E-state index contributed by atoms with van der Waals surface area (Å²) in [5.74, 6) is 0.347. The summed E-state index contributed by atoms with van der Waals surface area (Å²) in [6, 6.07) is 5.01. The summed E-state index contributed by atoms with van der Waals surface area (Å²) in [7, 11) is 1.42. The molecule has 1 fully saturated rings. The maximum atomic E-state index is 12.4. The maximum Gasteiger partial charge on any atom is 0.387 e. The summed E-state index contributed by atoms with van der Waals surface area (Å²) in [5.41, 5.74) is 0.724. The molecule has 1 aliphatic rings. The fourth-order valence-electron chi connectivity index (χ4n) is 2.47. The lowest BCUT2D eigenvalue weighted by Crippen LogP contribution is -2.36. The monoisotopic (exact) mass is 301 g/mol. The van der Waals surface area contributed by atoms with Crippen molar-refractivity contribution in [3.8, 4) is 11.5 Å². The van der Waals surface area contributed by atoms with E-state index in [0.29, 0.717) is 12.3 Å². The molecule has 0 spiro atoms. The van der Waals surface area contributed by atoms with Crippen LogP contribution < -0.4 is 14.8 Å². The molecule has 1 unspecified atom stereocenters. The molecule has 21 heavy (non-hydrogen) atoms. The average Bonchev–Trinajstić information content (AvgIpc) is 2.85. The minimum absolute atomic E-state index is 0.0510. The Labute approximate surface area is 123 Å². The van der Waals surface area contributed by atoms with Crippen LogP contribution >= 0.6 is 0 Å². The van der Waals surface area contributed by atoms with Gasteiger partial charge in [-0.05, 0) is 37.5 Å². The van der Waals surface area contributed by atoms with Crippen molar-refractivity contribution in [2.24, 2.45) is 0 Å². The minimum atomic E-state index is -2.87. The molecule has 0 radical (unpaired) electrons. The Kier molecular flexibility index (Phi) is 5.36. The smallest absolute Gasteiger partial charge is 0.387 e. The first-order valence-electron chi connectivity index (χ1n) is 6.99. The van der Waals surface area contributed by atoms with E-state index < -0.39 is 6.61 Å². The van der Waals surface area contributed by atoms with E-state index >= 15 is 0 Å². The topological polar surface area (TPSA) is 39.7 Å². The molecule has 0 aliphatic carbocycles. The number of halogens is 2. The molecule has 0 amide bonds. The van der Waals surface area contributed by atoms with E-state index in [9.17, 15) is 8.78 Å². The summed E-state index contributed by atoms with van der Waals surface area (Å²) in [5, 5.41) is 3.29. The van der Waals surface area contributed by atoms with Gasteiger partial charge >= 0.3 is 6.61 Å². The predicted molar refractivity (Wildman–Crippen MR) is 74.9 cm³/mol. The molecule has 0 bridgehead atoms. The Morgan fingerprint density at radius 3 is 2.81 bits per heavy atom. The molecule has 118 valence electrons. The Hall–Kier alpha value is -1.40. The highest BCUT2D eigenvalue weighted by Crippen LogP contribution is 2.29. The molecule has 2 rings (SSSR count). The van der Waals surface area contributed by atoms with E-state index in [4.69, 9.17) is 9.47 Å². The standard InChI is InChI=1S/C15H21F2NO3/c1-15(6-3-7-20-15)10-18-9-11-4-5-12(19-2)13(8-11)21-14(16)17/h4-5,8,14,18H,3,6-7,9-10H2,1-2H3. The van der Waals surface area contributed by atoms with E-state index in [2.05, 4.69) is 17.0 Å². The molecule has 1 aliphatic heterocycles. The van der Waals surface area contributed by atoms with Gasteiger partial charge in [-0.1, -0.05) is 6.07 Å². The first-order chi connectivity index (χ1) is 10.0. The van der Waals surface area contributed by atoms with E-state index in [1.807, 2.05) is 6.07 Å². The van der Waals surface area contributed by atoms with E-state index in [1.165, 1.54) is 7.11 Å². The highest BCUT2D eigenvalue weighted by molar-refractivity contribution is 5.42. The number of methoxy groups -OCH3 is 1. The van der Waals surface area contributed by atoms with Crippen LogP contribution in [0.4, 0.5) is 8.78 Å². The zero-order valence-corrected chi connectivity index (χ0v) is 12.3. The van der Waals surface area contributed by atoms with Gasteiger partial charge < -0.3 is 19.5 Å². The Bertz CT molecular complexity index is 462. The Morgan fingerprint density at radius 2 is 2.19 bits per heavy atom. The highest BCUT2D eigenvalue weighted by atomic mass is 19.3. The predicted octanol–water partition coefficient (Wildman–Crippen LogP) is 2.96. The molecule has 4 nitrogen and oxygen atoms in total. The van der Waals surface area contributed by atoms with Gasteiger partial charge in [0.1, 0.15) is 0 Å². The van der Waals surface area contributed by atoms with Gasteiger partial charge in [0.2, 0.25) is 0 Å². The lowest BCUT2D eigenvalue weighted by atomic mass is 10.0. The molecule has 1 atom stereocenters. The lowest BCUT2D eigenvalue weighted by Gasteiger charge is -2.23. The highest BCUT2D eigenvalue weighted by Gasteiger charge is 2.28. The van der Waals surface area contributed by atoms with Crippen LogP contribution in [0.25, 0.3) is 0 Å². The van der Waals surface area contributed by atoms with E-state index in [1.54, 1.807) is 12.1 Å². The van der Waals surface area contributed by atoms with Crippen LogP contribution in [-0.2, 0) is 11.3 Å². The number of hydrogen-bond acceptors (Lipinski definition) is 4. The third kappa shape index (κ3) is 4.54. The van der Waals surface area contributed by atoms with Gasteiger partial charge in [-0.3, -0.25) is 0 Å². The van der Waals surface area contributed by atoms with Crippen LogP contribution in [0.5, 0.6) is 11.5 Å². The molecule has 1 aromatic carbocycles. The fraction of sp³-hybridized carbons (Fsp3) is 0.600. The van der Waals surface area contributed by atoms with Crippen molar-refractivity contribution in [3.05, 3.63) is 23.8 Å². The van der Waals surface area contributed by atoms with Crippen molar-refractivity contribution < 1.29 is 23.0 Å². The maximum absolute atomic E-state index is 12.4. The summed E-state index contributed by atoms with van der Waals surface area (Å²) >= 11 is 0. The average molecular weight is 301 g/mol. The molecular formula is C15H21F2NO3. The number of benzene rings is 1. The second-order valence-corrected chi connectivity index (χ2v) is 5.37. The molecule has 1 N–H and O–H groups in total. The third-order valence-corrected chi connectivity index (χ3v) is 3.57. The number of nitrogens with one attached hydrogen (secondary N) is 1. The molecule has 6 heteroatoms. The second-order valence-electron chi connectivity index (χ2n) is 5.37. The third-order valence-electron chi connectivity index (χ3n) is 3.57. The van der Waals surface area contributed by atoms with Gasteiger partial charge in [0.25, 0.3) is 0 Å². The fourth-order valence-corrected chi connectivity index (χ4v) is 2.47. The molecule has 0 aromatic heterocycles. The number of rotatable bonds is 7. The Balaban J connectivity index is 1.93. The summed E-state index contributed by atoms with van der Waals surface area (Å²) in [4.78, 5) is 0. The van der Waals surface area contributed by atoms with Crippen LogP contribution in [-0.4, -0.2) is 32.5 Å². The summed E-state index contributed by atoms with van der Waals surface area (Å²) in [6.07, 6.45) is 2.11. The number of hydrogen-bond donors (Lipinski definition) is 1. The second kappa shape index (κ2) is 7.04. The quantitative estimate of drug-likeness (QED) is 0.840. The first kappa shape index (κ1) is 16.0. The van der Waals surface area contributed by atoms with E-state index in [0.717, 1.165) is 31.6 Å². The zero-order chi connectivity index (χ0) is 15.3. The van der Waals surface area contributed by atoms with Gasteiger partial charge in [-0.15, -0.1) is 0 Å². The van der Waals surface area contributed by atoms with Crippen LogP contribution in [0.3, 0.4) is 0 Å². The Morgan fingerprint density at radius 1 is 1.38 bits per heavy atom. The number of alkyl halides is 2. The zero-order valence-electron chi connectivity index (χ0n) is 12.3. The van der Waals surface area contributed by atoms with Crippen molar-refractivity contribution in [1.29, 1.82) is 0 Å². The van der Waals surface area contributed by atoms with Gasteiger partial charge in [0.05, 0.1) is 12.7 Å². The molecule has 1 aromatic rings. The molecule has 1 heterocycles. The van der Waals surface area contributed by atoms with Crippen molar-refractivity contribution in [3.63, 3.8) is 0 Å². The van der Waals surface area contributed by atoms with Gasteiger partial charge in [-0.25, -0.2) is 0 Å². The minimum Gasteiger partial charge on any atom is -0.493 e. The molecule has 0 saturated carbocycles. The van der Waals surface area contributed by atoms with Crippen LogP contribution in [0.2, 0.25) is 0 Å². The SMILES string of the molecule is COc1ccc(CNCC2(C)CCCO2)cc1OC(F)F. The van der Waals surface area contributed by atoms with Crippen molar-refractivity contribution in [2.75, 3.05) is 20.3 Å². The van der Waals surface area contributed by atoms with Gasteiger partial charge in [0, 0.05) is 19.7 Å². The largest absolute Gasteiger partial charge is 0.493 e. The van der Waals surface area contributed by atoms with Gasteiger partial charge in [-0.2, -0.15) is 8.78 Å². The normalized spacial score (nSPS) is 21.8. The summed E-state index contributed by atoms with van der Waals surface area (Å²) < 4.78 is 39.9.